The van der Waals surface area contributed by atoms with E-state index in [0.29, 0.717) is 13.1 Å². The van der Waals surface area contributed by atoms with Crippen LogP contribution in [-0.4, -0.2) is 24.6 Å². The Hall–Kier alpha value is -1.35. The molecule has 0 unspecified atom stereocenters. The van der Waals surface area contributed by atoms with Crippen molar-refractivity contribution in [3.63, 3.8) is 0 Å². The molecule has 7 heteroatoms. The Morgan fingerprint density at radius 1 is 1.24 bits per heavy atom. The van der Waals surface area contributed by atoms with Crippen LogP contribution in [0, 0.1) is 20.8 Å². The molecule has 0 aliphatic carbocycles. The maximum atomic E-state index is 5.37. The van der Waals surface area contributed by atoms with Crippen LogP contribution in [0.4, 0.5) is 0 Å². The van der Waals surface area contributed by atoms with Crippen molar-refractivity contribution in [2.24, 2.45) is 4.99 Å². The van der Waals surface area contributed by atoms with E-state index in [4.69, 9.17) is 4.74 Å². The van der Waals surface area contributed by atoms with Crippen LogP contribution in [0.1, 0.15) is 33.6 Å². The number of hydrogen-bond acceptors (Lipinski definition) is 4. The molecule has 0 fully saturated rings. The van der Waals surface area contributed by atoms with Gasteiger partial charge in [-0.05, 0) is 44.9 Å². The molecule has 25 heavy (non-hydrogen) atoms. The average molecular weight is 474 g/mol. The zero-order valence-corrected chi connectivity index (χ0v) is 18.6. The highest BCUT2D eigenvalue weighted by Crippen LogP contribution is 2.19. The first kappa shape index (κ1) is 21.7. The predicted octanol–water partition coefficient (Wildman–Crippen LogP) is 3.95. The maximum Gasteiger partial charge on any atom is 0.191 e. The summed E-state index contributed by atoms with van der Waals surface area (Å²) in [5, 5.41) is 7.69. The number of guanidine groups is 1. The largest absolute Gasteiger partial charge is 0.496 e. The number of aryl methyl sites for hydroxylation is 3. The molecule has 0 radical (unpaired) electrons. The van der Waals surface area contributed by atoms with E-state index < -0.39 is 0 Å². The van der Waals surface area contributed by atoms with Crippen molar-refractivity contribution in [2.75, 3.05) is 13.7 Å². The minimum absolute atomic E-state index is 0. The molecule has 5 nitrogen and oxygen atoms in total. The van der Waals surface area contributed by atoms with E-state index in [1.165, 1.54) is 4.88 Å². The summed E-state index contributed by atoms with van der Waals surface area (Å²) >= 11 is 1.72. The van der Waals surface area contributed by atoms with E-state index in [2.05, 4.69) is 46.6 Å². The molecule has 0 aliphatic rings. The minimum Gasteiger partial charge on any atom is -0.496 e. The van der Waals surface area contributed by atoms with Crippen LogP contribution in [0.5, 0.6) is 5.75 Å². The standard InChI is InChI=1S/C18H26N4OS.HI/c1-6-19-18(21-11-17-22-13(3)14(4)24-17)20-10-15-8-7-12(2)16(9-15)23-5;/h7-9H,6,10-11H2,1-5H3,(H2,19,20,21);1H. The second kappa shape index (κ2) is 10.6. The summed E-state index contributed by atoms with van der Waals surface area (Å²) in [7, 11) is 1.69. The maximum absolute atomic E-state index is 5.37. The third-order valence-electron chi connectivity index (χ3n) is 3.72. The fourth-order valence-corrected chi connectivity index (χ4v) is 3.12. The van der Waals surface area contributed by atoms with Gasteiger partial charge in [0.1, 0.15) is 10.8 Å². The van der Waals surface area contributed by atoms with Crippen molar-refractivity contribution in [3.05, 3.63) is 44.9 Å². The second-order valence-corrected chi connectivity index (χ2v) is 6.89. The quantitative estimate of drug-likeness (QED) is 0.378. The van der Waals surface area contributed by atoms with Crippen molar-refractivity contribution in [1.82, 2.24) is 15.6 Å². The summed E-state index contributed by atoms with van der Waals surface area (Å²) < 4.78 is 5.37. The molecule has 2 rings (SSSR count). The van der Waals surface area contributed by atoms with Crippen LogP contribution in [0.15, 0.2) is 23.2 Å². The fraction of sp³-hybridized carbons (Fsp3) is 0.444. The summed E-state index contributed by atoms with van der Waals surface area (Å²) in [6.45, 7) is 10.3. The molecule has 0 spiro atoms. The van der Waals surface area contributed by atoms with Gasteiger partial charge in [0.05, 0.1) is 25.9 Å². The lowest BCUT2D eigenvalue weighted by Gasteiger charge is -2.11. The first-order valence-corrected chi connectivity index (χ1v) is 8.93. The first-order valence-electron chi connectivity index (χ1n) is 8.12. The molecule has 2 N–H and O–H groups in total. The third kappa shape index (κ3) is 6.47. The van der Waals surface area contributed by atoms with Crippen LogP contribution in [0.2, 0.25) is 0 Å². The molecule has 0 amide bonds. The summed E-state index contributed by atoms with van der Waals surface area (Å²) in [5.41, 5.74) is 3.35. The molecule has 0 saturated carbocycles. The van der Waals surface area contributed by atoms with Gasteiger partial charge in [-0.25, -0.2) is 9.98 Å². The Bertz CT molecular complexity index is 696. The lowest BCUT2D eigenvalue weighted by Crippen LogP contribution is -2.36. The van der Waals surface area contributed by atoms with E-state index in [1.807, 2.05) is 19.9 Å². The fourth-order valence-electron chi connectivity index (χ4n) is 2.25. The Morgan fingerprint density at radius 2 is 2.00 bits per heavy atom. The number of methoxy groups -OCH3 is 1. The molecule has 1 aromatic carbocycles. The van der Waals surface area contributed by atoms with Crippen LogP contribution >= 0.6 is 35.3 Å². The van der Waals surface area contributed by atoms with E-state index in [1.54, 1.807) is 18.4 Å². The summed E-state index contributed by atoms with van der Waals surface area (Å²) in [5.74, 6) is 1.69. The Balaban J connectivity index is 0.00000312. The highest BCUT2D eigenvalue weighted by Gasteiger charge is 2.05. The average Bonchev–Trinajstić information content (AvgIpc) is 2.89. The number of thiazole rings is 1. The number of hydrogen-bond donors (Lipinski definition) is 2. The Kier molecular flexibility index (Phi) is 9.20. The van der Waals surface area contributed by atoms with Gasteiger partial charge in [0.15, 0.2) is 5.96 Å². The lowest BCUT2D eigenvalue weighted by atomic mass is 10.1. The molecule has 0 saturated heterocycles. The highest BCUT2D eigenvalue weighted by molar-refractivity contribution is 14.0. The second-order valence-electron chi connectivity index (χ2n) is 5.60. The number of aromatic nitrogens is 1. The zero-order valence-electron chi connectivity index (χ0n) is 15.5. The molecular weight excluding hydrogens is 447 g/mol. The number of aliphatic imine (C=N–C) groups is 1. The van der Waals surface area contributed by atoms with Crippen molar-refractivity contribution in [2.45, 2.75) is 40.8 Å². The summed E-state index contributed by atoms with van der Waals surface area (Å²) in [4.78, 5) is 10.5. The van der Waals surface area contributed by atoms with Crippen LogP contribution in [0.3, 0.4) is 0 Å². The smallest absolute Gasteiger partial charge is 0.191 e. The molecule has 0 aliphatic heterocycles. The predicted molar refractivity (Wildman–Crippen MR) is 116 cm³/mol. The molecule has 138 valence electrons. The van der Waals surface area contributed by atoms with E-state index >= 15 is 0 Å². The van der Waals surface area contributed by atoms with Gasteiger partial charge in [-0.1, -0.05) is 12.1 Å². The zero-order chi connectivity index (χ0) is 17.5. The van der Waals surface area contributed by atoms with E-state index in [-0.39, 0.29) is 24.0 Å². The van der Waals surface area contributed by atoms with Gasteiger partial charge in [-0.2, -0.15) is 0 Å². The van der Waals surface area contributed by atoms with Gasteiger partial charge < -0.3 is 15.4 Å². The minimum atomic E-state index is 0. The summed E-state index contributed by atoms with van der Waals surface area (Å²) in [6.07, 6.45) is 0. The molecule has 1 aromatic heterocycles. The van der Waals surface area contributed by atoms with Crippen LogP contribution in [-0.2, 0) is 13.1 Å². The van der Waals surface area contributed by atoms with Crippen LogP contribution in [0.25, 0.3) is 0 Å². The van der Waals surface area contributed by atoms with Crippen molar-refractivity contribution in [1.29, 1.82) is 0 Å². The number of rotatable bonds is 6. The lowest BCUT2D eigenvalue weighted by molar-refractivity contribution is 0.411. The first-order chi connectivity index (χ1) is 11.5. The molecule has 0 bridgehead atoms. The summed E-state index contributed by atoms with van der Waals surface area (Å²) in [6, 6.07) is 6.18. The number of halogens is 1. The van der Waals surface area contributed by atoms with Crippen molar-refractivity contribution in [3.8, 4) is 5.75 Å². The van der Waals surface area contributed by atoms with Gasteiger partial charge in [-0.3, -0.25) is 0 Å². The number of nitrogens with one attached hydrogen (secondary N) is 2. The monoisotopic (exact) mass is 474 g/mol. The molecule has 1 heterocycles. The number of ether oxygens (including phenoxy) is 1. The normalized spacial score (nSPS) is 11.0. The number of benzene rings is 1. The van der Waals surface area contributed by atoms with Gasteiger partial charge in [0.25, 0.3) is 0 Å². The number of nitrogens with zero attached hydrogens (tertiary/aromatic N) is 2. The molecule has 2 aromatic rings. The van der Waals surface area contributed by atoms with Crippen LogP contribution < -0.4 is 15.4 Å². The van der Waals surface area contributed by atoms with Gasteiger partial charge >= 0.3 is 0 Å². The molecular formula is C18H27IN4OS. The van der Waals surface area contributed by atoms with Crippen molar-refractivity contribution >= 4 is 41.3 Å². The van der Waals surface area contributed by atoms with E-state index in [0.717, 1.165) is 40.1 Å². The SMILES string of the molecule is CCNC(=NCc1ccc(C)c(OC)c1)NCc1nc(C)c(C)s1.I. The Labute approximate surface area is 171 Å². The highest BCUT2D eigenvalue weighted by atomic mass is 127. The van der Waals surface area contributed by atoms with Crippen molar-refractivity contribution < 1.29 is 4.74 Å². The van der Waals surface area contributed by atoms with Gasteiger partial charge in [0, 0.05) is 11.4 Å². The topological polar surface area (TPSA) is 58.5 Å². The van der Waals surface area contributed by atoms with E-state index in [9.17, 15) is 0 Å². The third-order valence-corrected chi connectivity index (χ3v) is 4.79. The molecule has 0 atom stereocenters. The van der Waals surface area contributed by atoms with Gasteiger partial charge in [-0.15, -0.1) is 35.3 Å². The van der Waals surface area contributed by atoms with Gasteiger partial charge in [0.2, 0.25) is 0 Å². The Morgan fingerprint density at radius 3 is 2.60 bits per heavy atom.